The number of halogens is 2. The molecule has 0 saturated carbocycles. The first-order valence-electron chi connectivity index (χ1n) is 7.17. The summed E-state index contributed by atoms with van der Waals surface area (Å²) in [6, 6.07) is 3.34. The van der Waals surface area contributed by atoms with Crippen molar-refractivity contribution in [3.05, 3.63) is 57.9 Å². The Morgan fingerprint density at radius 3 is 2.56 bits per heavy atom. The highest BCUT2D eigenvalue weighted by atomic mass is 19.2. The van der Waals surface area contributed by atoms with Crippen LogP contribution in [0.15, 0.2) is 18.2 Å². The lowest BCUT2D eigenvalue weighted by molar-refractivity contribution is 0.0695. The number of aliphatic hydroxyl groups excluding tert-OH is 1. The van der Waals surface area contributed by atoms with Crippen LogP contribution in [-0.2, 0) is 24.6 Å². The van der Waals surface area contributed by atoms with Gasteiger partial charge in [0.05, 0.1) is 19.8 Å². The van der Waals surface area contributed by atoms with Gasteiger partial charge in [0.1, 0.15) is 0 Å². The Balaban J connectivity index is 2.20. The Kier molecular flexibility index (Phi) is 5.97. The zero-order valence-electron chi connectivity index (χ0n) is 13.2. The maximum Gasteiger partial charge on any atom is 0.297 e. The molecule has 25 heavy (non-hydrogen) atoms. The first-order chi connectivity index (χ1) is 11.9. The Labute approximate surface area is 141 Å². The molecule has 7 nitrogen and oxygen atoms in total. The van der Waals surface area contributed by atoms with Gasteiger partial charge in [0.15, 0.2) is 23.1 Å². The monoisotopic (exact) mass is 354 g/mol. The van der Waals surface area contributed by atoms with Crippen LogP contribution in [0.3, 0.4) is 0 Å². The van der Waals surface area contributed by atoms with E-state index in [1.165, 1.54) is 18.5 Å². The lowest BCUT2D eigenvalue weighted by Gasteiger charge is -2.15. The van der Waals surface area contributed by atoms with Crippen LogP contribution < -0.4 is 5.48 Å². The fourth-order valence-corrected chi connectivity index (χ4v) is 2.27. The van der Waals surface area contributed by atoms with Crippen molar-refractivity contribution in [2.24, 2.45) is 0 Å². The molecule has 4 N–H and O–H groups in total. The van der Waals surface area contributed by atoms with E-state index >= 15 is 0 Å². The molecule has 1 aromatic carbocycles. The predicted molar refractivity (Wildman–Crippen MR) is 80.7 cm³/mol. The second kappa shape index (κ2) is 7.97. The number of carbonyl (C=O) groups is 1. The summed E-state index contributed by atoms with van der Waals surface area (Å²) < 4.78 is 31.4. The van der Waals surface area contributed by atoms with E-state index in [2.05, 4.69) is 4.98 Å². The number of pyridine rings is 1. The van der Waals surface area contributed by atoms with Crippen LogP contribution in [0.1, 0.15) is 32.9 Å². The maximum absolute atomic E-state index is 13.2. The van der Waals surface area contributed by atoms with Crippen molar-refractivity contribution in [3.63, 3.8) is 0 Å². The lowest BCUT2D eigenvalue weighted by Crippen LogP contribution is -2.22. The third kappa shape index (κ3) is 4.08. The number of aromatic nitrogens is 1. The first kappa shape index (κ1) is 18.7. The minimum atomic E-state index is -1.02. The van der Waals surface area contributed by atoms with Gasteiger partial charge in [0.2, 0.25) is 0 Å². The highest BCUT2D eigenvalue weighted by Crippen LogP contribution is 2.27. The van der Waals surface area contributed by atoms with E-state index in [-0.39, 0.29) is 18.8 Å². The number of rotatable bonds is 6. The van der Waals surface area contributed by atoms with Gasteiger partial charge in [0, 0.05) is 16.8 Å². The summed E-state index contributed by atoms with van der Waals surface area (Å²) in [4.78, 5) is 15.3. The average molecular weight is 354 g/mol. The van der Waals surface area contributed by atoms with Crippen LogP contribution in [0.4, 0.5) is 8.78 Å². The van der Waals surface area contributed by atoms with E-state index in [0.29, 0.717) is 16.8 Å². The average Bonchev–Trinajstić information content (AvgIpc) is 2.60. The van der Waals surface area contributed by atoms with Crippen LogP contribution in [0, 0.1) is 18.6 Å². The van der Waals surface area contributed by atoms with Gasteiger partial charge in [0.25, 0.3) is 5.91 Å². The van der Waals surface area contributed by atoms with Gasteiger partial charge in [-0.1, -0.05) is 6.07 Å². The third-order valence-corrected chi connectivity index (χ3v) is 3.56. The van der Waals surface area contributed by atoms with Gasteiger partial charge in [-0.05, 0) is 24.6 Å². The largest absolute Gasteiger partial charge is 0.505 e. The number of hydrogen-bond acceptors (Lipinski definition) is 6. The number of amides is 1. The van der Waals surface area contributed by atoms with E-state index in [1.54, 1.807) is 0 Å². The number of nitrogens with one attached hydrogen (secondary N) is 1. The van der Waals surface area contributed by atoms with Gasteiger partial charge >= 0.3 is 0 Å². The first-order valence-corrected chi connectivity index (χ1v) is 7.17. The molecule has 1 heterocycles. The van der Waals surface area contributed by atoms with Crippen LogP contribution in [0.25, 0.3) is 0 Å². The van der Waals surface area contributed by atoms with E-state index in [1.807, 2.05) is 0 Å². The Bertz CT molecular complexity index is 799. The number of benzene rings is 1. The summed E-state index contributed by atoms with van der Waals surface area (Å²) in [7, 11) is 0. The van der Waals surface area contributed by atoms with Crippen molar-refractivity contribution in [1.82, 2.24) is 10.5 Å². The van der Waals surface area contributed by atoms with Crippen LogP contribution in [0.2, 0.25) is 0 Å². The molecule has 0 aliphatic heterocycles. The van der Waals surface area contributed by atoms with Crippen molar-refractivity contribution in [3.8, 4) is 5.75 Å². The fourth-order valence-electron chi connectivity index (χ4n) is 2.27. The number of nitrogens with zero attached hydrogens (tertiary/aromatic N) is 1. The number of aryl methyl sites for hydroxylation is 1. The Morgan fingerprint density at radius 2 is 1.96 bits per heavy atom. The van der Waals surface area contributed by atoms with Crippen LogP contribution >= 0.6 is 0 Å². The molecule has 2 rings (SSSR count). The van der Waals surface area contributed by atoms with Crippen molar-refractivity contribution >= 4 is 5.91 Å². The maximum atomic E-state index is 13.2. The van der Waals surface area contributed by atoms with Crippen molar-refractivity contribution in [2.45, 2.75) is 26.7 Å². The van der Waals surface area contributed by atoms with Gasteiger partial charge in [-0.15, -0.1) is 0 Å². The minimum Gasteiger partial charge on any atom is -0.505 e. The molecule has 134 valence electrons. The summed E-state index contributed by atoms with van der Waals surface area (Å²) in [5.41, 5.74) is 1.98. The molecule has 0 atom stereocenters. The van der Waals surface area contributed by atoms with Crippen molar-refractivity contribution < 1.29 is 33.7 Å². The van der Waals surface area contributed by atoms with E-state index in [0.717, 1.165) is 12.1 Å². The van der Waals surface area contributed by atoms with Gasteiger partial charge in [-0.3, -0.25) is 10.0 Å². The summed E-state index contributed by atoms with van der Waals surface area (Å²) in [5.74, 6) is -3.56. The molecule has 0 unspecified atom stereocenters. The van der Waals surface area contributed by atoms with E-state index < -0.39 is 35.6 Å². The molecule has 1 amide bonds. The number of hydrogen-bond donors (Lipinski definition) is 4. The van der Waals surface area contributed by atoms with Crippen LogP contribution in [-0.4, -0.2) is 26.3 Å². The highest BCUT2D eigenvalue weighted by molar-refractivity contribution is 5.94. The van der Waals surface area contributed by atoms with Gasteiger partial charge in [-0.25, -0.2) is 19.2 Å². The number of carbonyl (C=O) groups excluding carboxylic acids is 1. The molecule has 0 bridgehead atoms. The second-order valence-corrected chi connectivity index (χ2v) is 5.19. The lowest BCUT2D eigenvalue weighted by atomic mass is 10.0. The summed E-state index contributed by atoms with van der Waals surface area (Å²) in [6.45, 7) is 0.803. The van der Waals surface area contributed by atoms with Crippen molar-refractivity contribution in [1.29, 1.82) is 0 Å². The number of aromatic hydroxyl groups is 1. The van der Waals surface area contributed by atoms with Gasteiger partial charge in [-0.2, -0.15) is 0 Å². The summed E-state index contributed by atoms with van der Waals surface area (Å²) >= 11 is 0. The molecule has 0 radical (unpaired) electrons. The molecule has 0 aliphatic rings. The van der Waals surface area contributed by atoms with Gasteiger partial charge < -0.3 is 14.9 Å². The normalized spacial score (nSPS) is 10.8. The van der Waals surface area contributed by atoms with Crippen LogP contribution in [0.5, 0.6) is 5.75 Å². The SMILES string of the molecule is Cc1nc(C(=O)NO)c(O)c(CO)c1COCc1ccc(F)c(F)c1. The standard InChI is InChI=1S/C16H16F2N2O5/c1-8-11(7-25-6-9-2-3-12(17)13(18)4-9)10(5-21)15(22)14(19-8)16(23)20-24/h2-4,21-22,24H,5-7H2,1H3,(H,20,23). The molecular formula is C16H16F2N2O5. The molecule has 0 spiro atoms. The molecule has 0 saturated heterocycles. The molecular weight excluding hydrogens is 338 g/mol. The smallest absolute Gasteiger partial charge is 0.297 e. The number of hydroxylamine groups is 1. The topological polar surface area (TPSA) is 112 Å². The summed E-state index contributed by atoms with van der Waals surface area (Å²) in [5, 5.41) is 28.1. The molecule has 0 aliphatic carbocycles. The highest BCUT2D eigenvalue weighted by Gasteiger charge is 2.21. The molecule has 0 fully saturated rings. The molecule has 2 aromatic rings. The summed E-state index contributed by atoms with van der Waals surface area (Å²) in [6.07, 6.45) is 0. The Hall–Kier alpha value is -2.62. The third-order valence-electron chi connectivity index (χ3n) is 3.56. The van der Waals surface area contributed by atoms with E-state index in [4.69, 9.17) is 9.94 Å². The number of ether oxygens (including phenoxy) is 1. The van der Waals surface area contributed by atoms with Crippen molar-refractivity contribution in [2.75, 3.05) is 0 Å². The zero-order valence-corrected chi connectivity index (χ0v) is 13.2. The predicted octanol–water partition coefficient (Wildman–Crippen LogP) is 1.70. The fraction of sp³-hybridized carbons (Fsp3) is 0.250. The quantitative estimate of drug-likeness (QED) is 0.464. The second-order valence-electron chi connectivity index (χ2n) is 5.19. The Morgan fingerprint density at radius 1 is 1.24 bits per heavy atom. The minimum absolute atomic E-state index is 0.0244. The molecule has 9 heteroatoms. The van der Waals surface area contributed by atoms with E-state index in [9.17, 15) is 23.8 Å². The molecule has 1 aromatic heterocycles. The zero-order chi connectivity index (χ0) is 18.6. The number of aliphatic hydroxyl groups is 1.